The normalized spacial score (nSPS) is 10.4. The van der Waals surface area contributed by atoms with E-state index in [-0.39, 0.29) is 11.3 Å². The van der Waals surface area contributed by atoms with Gasteiger partial charge in [-0.15, -0.1) is 0 Å². The molecule has 5 heteroatoms. The molecule has 0 spiro atoms. The summed E-state index contributed by atoms with van der Waals surface area (Å²) in [5, 5.41) is 9.86. The van der Waals surface area contributed by atoms with Crippen molar-refractivity contribution in [3.05, 3.63) is 56.5 Å². The summed E-state index contributed by atoms with van der Waals surface area (Å²) in [4.78, 5) is 11.2. The molecule has 0 aliphatic heterocycles. The van der Waals surface area contributed by atoms with Crippen LogP contribution in [-0.4, -0.2) is 11.1 Å². The first-order valence-electron chi connectivity index (χ1n) is 5.86. The number of carboxylic acid groups (broad SMARTS) is 1. The van der Waals surface area contributed by atoms with Gasteiger partial charge in [-0.1, -0.05) is 27.5 Å². The highest BCUT2D eigenvalue weighted by Crippen LogP contribution is 2.32. The first-order chi connectivity index (χ1) is 9.38. The Morgan fingerprint density at radius 3 is 2.35 bits per heavy atom. The van der Waals surface area contributed by atoms with Crippen molar-refractivity contribution in [2.24, 2.45) is 0 Å². The standard InChI is InChI=1S/C15H12BrClO3/c1-8-5-11(6-9(2)14(8)17)20-13-7-10(16)3-4-12(13)15(18)19/h3-7H,1-2H3,(H,18,19). The van der Waals surface area contributed by atoms with Gasteiger partial charge in [-0.25, -0.2) is 4.79 Å². The first kappa shape index (κ1) is 14.9. The number of ether oxygens (including phenoxy) is 1. The van der Waals surface area contributed by atoms with Gasteiger partial charge >= 0.3 is 5.97 Å². The van der Waals surface area contributed by atoms with E-state index in [4.69, 9.17) is 16.3 Å². The van der Waals surface area contributed by atoms with Crippen LogP contribution in [0, 0.1) is 13.8 Å². The molecule has 104 valence electrons. The van der Waals surface area contributed by atoms with Crippen molar-refractivity contribution < 1.29 is 14.6 Å². The van der Waals surface area contributed by atoms with E-state index < -0.39 is 5.97 Å². The minimum Gasteiger partial charge on any atom is -0.478 e. The molecule has 0 saturated carbocycles. The first-order valence-corrected chi connectivity index (χ1v) is 7.03. The fourth-order valence-electron chi connectivity index (χ4n) is 1.85. The SMILES string of the molecule is Cc1cc(Oc2cc(Br)ccc2C(=O)O)cc(C)c1Cl. The average Bonchev–Trinajstić information content (AvgIpc) is 2.35. The highest BCUT2D eigenvalue weighted by atomic mass is 79.9. The predicted molar refractivity (Wildman–Crippen MR) is 82.1 cm³/mol. The van der Waals surface area contributed by atoms with E-state index in [0.29, 0.717) is 10.8 Å². The maximum Gasteiger partial charge on any atom is 0.339 e. The van der Waals surface area contributed by atoms with Gasteiger partial charge in [-0.2, -0.15) is 0 Å². The quantitative estimate of drug-likeness (QED) is 0.822. The smallest absolute Gasteiger partial charge is 0.339 e. The number of hydrogen-bond donors (Lipinski definition) is 1. The summed E-state index contributed by atoms with van der Waals surface area (Å²) in [7, 11) is 0. The van der Waals surface area contributed by atoms with Gasteiger partial charge in [-0.05, 0) is 55.3 Å². The molecule has 0 amide bonds. The second-order valence-corrected chi connectivity index (χ2v) is 5.71. The maximum absolute atomic E-state index is 11.2. The summed E-state index contributed by atoms with van der Waals surface area (Å²) in [6, 6.07) is 8.35. The van der Waals surface area contributed by atoms with Gasteiger partial charge < -0.3 is 9.84 Å². The van der Waals surface area contributed by atoms with E-state index in [0.717, 1.165) is 15.6 Å². The number of benzene rings is 2. The lowest BCUT2D eigenvalue weighted by molar-refractivity contribution is 0.0694. The fourth-order valence-corrected chi connectivity index (χ4v) is 2.30. The number of aromatic carboxylic acids is 1. The van der Waals surface area contributed by atoms with E-state index in [1.54, 1.807) is 24.3 Å². The number of halogens is 2. The molecule has 20 heavy (non-hydrogen) atoms. The van der Waals surface area contributed by atoms with Crippen LogP contribution in [0.25, 0.3) is 0 Å². The monoisotopic (exact) mass is 354 g/mol. The summed E-state index contributed by atoms with van der Waals surface area (Å²) >= 11 is 9.41. The highest BCUT2D eigenvalue weighted by Gasteiger charge is 2.13. The molecular formula is C15H12BrClO3. The Hall–Kier alpha value is -1.52. The largest absolute Gasteiger partial charge is 0.478 e. The molecule has 0 atom stereocenters. The highest BCUT2D eigenvalue weighted by molar-refractivity contribution is 9.10. The third-order valence-electron chi connectivity index (χ3n) is 2.81. The Balaban J connectivity index is 2.44. The zero-order valence-electron chi connectivity index (χ0n) is 10.9. The molecule has 2 aromatic rings. The summed E-state index contributed by atoms with van der Waals surface area (Å²) in [6.07, 6.45) is 0. The number of carboxylic acids is 1. The molecule has 0 aromatic heterocycles. The molecule has 3 nitrogen and oxygen atoms in total. The van der Waals surface area contributed by atoms with E-state index in [1.807, 2.05) is 13.8 Å². The van der Waals surface area contributed by atoms with Crippen LogP contribution in [-0.2, 0) is 0 Å². The van der Waals surface area contributed by atoms with Crippen molar-refractivity contribution in [3.63, 3.8) is 0 Å². The van der Waals surface area contributed by atoms with E-state index in [9.17, 15) is 9.90 Å². The number of aryl methyl sites for hydroxylation is 2. The van der Waals surface area contributed by atoms with Crippen LogP contribution in [0.4, 0.5) is 0 Å². The molecule has 2 rings (SSSR count). The van der Waals surface area contributed by atoms with Crippen molar-refractivity contribution in [2.75, 3.05) is 0 Å². The molecule has 0 aliphatic carbocycles. The van der Waals surface area contributed by atoms with Crippen LogP contribution in [0.2, 0.25) is 5.02 Å². The third kappa shape index (κ3) is 3.14. The van der Waals surface area contributed by atoms with E-state index in [2.05, 4.69) is 15.9 Å². The maximum atomic E-state index is 11.2. The Labute approximate surface area is 130 Å². The van der Waals surface area contributed by atoms with Crippen LogP contribution in [0.1, 0.15) is 21.5 Å². The minimum atomic E-state index is -1.03. The number of rotatable bonds is 3. The minimum absolute atomic E-state index is 0.110. The Morgan fingerprint density at radius 1 is 1.20 bits per heavy atom. The van der Waals surface area contributed by atoms with Crippen LogP contribution in [0.5, 0.6) is 11.5 Å². The second kappa shape index (κ2) is 5.85. The van der Waals surface area contributed by atoms with Gasteiger partial charge in [0.2, 0.25) is 0 Å². The molecule has 2 aromatic carbocycles. The van der Waals surface area contributed by atoms with Gasteiger partial charge in [0.1, 0.15) is 17.1 Å². The van der Waals surface area contributed by atoms with E-state index in [1.165, 1.54) is 6.07 Å². The lowest BCUT2D eigenvalue weighted by Crippen LogP contribution is -2.00. The third-order valence-corrected chi connectivity index (χ3v) is 3.90. The fraction of sp³-hybridized carbons (Fsp3) is 0.133. The zero-order valence-corrected chi connectivity index (χ0v) is 13.2. The van der Waals surface area contributed by atoms with Gasteiger partial charge in [-0.3, -0.25) is 0 Å². The topological polar surface area (TPSA) is 46.5 Å². The van der Waals surface area contributed by atoms with Crippen molar-refractivity contribution >= 4 is 33.5 Å². The molecule has 0 fully saturated rings. The van der Waals surface area contributed by atoms with Gasteiger partial charge in [0.25, 0.3) is 0 Å². The van der Waals surface area contributed by atoms with Crippen molar-refractivity contribution in [2.45, 2.75) is 13.8 Å². The van der Waals surface area contributed by atoms with Gasteiger partial charge in [0.05, 0.1) is 0 Å². The van der Waals surface area contributed by atoms with Gasteiger partial charge in [0.15, 0.2) is 0 Å². The van der Waals surface area contributed by atoms with Crippen LogP contribution in [0.15, 0.2) is 34.8 Å². The molecular weight excluding hydrogens is 344 g/mol. The summed E-state index contributed by atoms with van der Waals surface area (Å²) in [5.74, 6) is -0.187. The molecule has 0 bridgehead atoms. The zero-order chi connectivity index (χ0) is 14.9. The number of hydrogen-bond acceptors (Lipinski definition) is 2. The Morgan fingerprint density at radius 2 is 1.80 bits per heavy atom. The summed E-state index contributed by atoms with van der Waals surface area (Å²) in [5.41, 5.74) is 1.88. The molecule has 0 unspecified atom stereocenters. The average molecular weight is 356 g/mol. The summed E-state index contributed by atoms with van der Waals surface area (Å²) < 4.78 is 6.45. The molecule has 1 N–H and O–H groups in total. The Bertz CT molecular complexity index is 660. The van der Waals surface area contributed by atoms with E-state index >= 15 is 0 Å². The van der Waals surface area contributed by atoms with Crippen molar-refractivity contribution in [1.29, 1.82) is 0 Å². The Kier molecular flexibility index (Phi) is 4.35. The lowest BCUT2D eigenvalue weighted by Gasteiger charge is -2.12. The molecule has 0 aliphatic rings. The molecule has 0 radical (unpaired) electrons. The molecule has 0 saturated heterocycles. The van der Waals surface area contributed by atoms with Crippen LogP contribution < -0.4 is 4.74 Å². The van der Waals surface area contributed by atoms with Crippen molar-refractivity contribution in [3.8, 4) is 11.5 Å². The second-order valence-electron chi connectivity index (χ2n) is 4.42. The number of carbonyl (C=O) groups is 1. The molecule has 0 heterocycles. The predicted octanol–water partition coefficient (Wildman–Crippen LogP) is 5.21. The van der Waals surface area contributed by atoms with Gasteiger partial charge in [0, 0.05) is 9.50 Å². The summed E-state index contributed by atoms with van der Waals surface area (Å²) in [6.45, 7) is 3.75. The van der Waals surface area contributed by atoms with Crippen LogP contribution in [0.3, 0.4) is 0 Å². The lowest BCUT2D eigenvalue weighted by atomic mass is 10.1. The van der Waals surface area contributed by atoms with Crippen LogP contribution >= 0.6 is 27.5 Å². The van der Waals surface area contributed by atoms with Crippen molar-refractivity contribution in [1.82, 2.24) is 0 Å².